The summed E-state index contributed by atoms with van der Waals surface area (Å²) in [5.74, 6) is -0.339. The van der Waals surface area contributed by atoms with Gasteiger partial charge in [0.2, 0.25) is 0 Å². The SMILES string of the molecule is CCOC(=O)Cn1c2cc(-c3ccncc3)ccc2c(=O)c2ccc(C)c(N(C)C)c21. The number of ether oxygens (including phenoxy) is 1. The summed E-state index contributed by atoms with van der Waals surface area (Å²) in [5, 5.41) is 1.16. The Hall–Kier alpha value is -3.67. The second-order valence-corrected chi connectivity index (χ2v) is 7.71. The summed E-state index contributed by atoms with van der Waals surface area (Å²) in [6, 6.07) is 13.4. The summed E-state index contributed by atoms with van der Waals surface area (Å²) in [6.07, 6.45) is 3.47. The average Bonchev–Trinajstić information content (AvgIpc) is 2.76. The van der Waals surface area contributed by atoms with Crippen LogP contribution in [0.4, 0.5) is 5.69 Å². The fourth-order valence-corrected chi connectivity index (χ4v) is 4.14. The fraction of sp³-hybridized carbons (Fsp3) is 0.240. The predicted molar refractivity (Wildman–Crippen MR) is 125 cm³/mol. The van der Waals surface area contributed by atoms with Crippen molar-refractivity contribution in [2.45, 2.75) is 20.4 Å². The van der Waals surface area contributed by atoms with Crippen LogP contribution in [-0.2, 0) is 16.1 Å². The van der Waals surface area contributed by atoms with Gasteiger partial charge in [-0.05, 0) is 60.9 Å². The van der Waals surface area contributed by atoms with Gasteiger partial charge < -0.3 is 14.2 Å². The number of fused-ring (bicyclic) bond motifs is 2. The van der Waals surface area contributed by atoms with Crippen LogP contribution in [0.5, 0.6) is 0 Å². The first-order chi connectivity index (χ1) is 14.9. The van der Waals surface area contributed by atoms with Gasteiger partial charge in [-0.15, -0.1) is 0 Å². The van der Waals surface area contributed by atoms with Gasteiger partial charge in [-0.25, -0.2) is 0 Å². The number of carbonyl (C=O) groups excluding carboxylic acids is 1. The Kier molecular flexibility index (Phi) is 5.46. The van der Waals surface area contributed by atoms with E-state index < -0.39 is 0 Å². The fourth-order valence-electron chi connectivity index (χ4n) is 4.14. The van der Waals surface area contributed by atoms with Crippen LogP contribution in [0.15, 0.2) is 59.7 Å². The quantitative estimate of drug-likeness (QED) is 0.362. The van der Waals surface area contributed by atoms with Crippen molar-refractivity contribution in [3.63, 3.8) is 0 Å². The van der Waals surface area contributed by atoms with Crippen molar-refractivity contribution < 1.29 is 9.53 Å². The Morgan fingerprint density at radius 1 is 1.03 bits per heavy atom. The van der Waals surface area contributed by atoms with Gasteiger partial charge in [0.05, 0.1) is 23.3 Å². The molecule has 2 heterocycles. The van der Waals surface area contributed by atoms with Crippen LogP contribution < -0.4 is 10.3 Å². The van der Waals surface area contributed by atoms with Crippen molar-refractivity contribution in [2.24, 2.45) is 0 Å². The molecule has 2 aromatic heterocycles. The molecule has 0 fully saturated rings. The number of nitrogens with zero attached hydrogens (tertiary/aromatic N) is 3. The van der Waals surface area contributed by atoms with Crippen LogP contribution in [0, 0.1) is 6.92 Å². The molecule has 6 heteroatoms. The molecule has 31 heavy (non-hydrogen) atoms. The first-order valence-electron chi connectivity index (χ1n) is 10.3. The highest BCUT2D eigenvalue weighted by atomic mass is 16.5. The highest BCUT2D eigenvalue weighted by Gasteiger charge is 2.19. The molecule has 0 radical (unpaired) electrons. The first kappa shape index (κ1) is 20.6. The Morgan fingerprint density at radius 2 is 1.74 bits per heavy atom. The molecule has 0 N–H and O–H groups in total. The molecule has 0 aliphatic rings. The number of anilines is 1. The molecule has 4 rings (SSSR count). The lowest BCUT2D eigenvalue weighted by Gasteiger charge is -2.23. The molecule has 0 saturated carbocycles. The number of rotatable bonds is 5. The molecular formula is C25H25N3O3. The van der Waals surface area contributed by atoms with E-state index in [9.17, 15) is 9.59 Å². The summed E-state index contributed by atoms with van der Waals surface area (Å²) in [6.45, 7) is 4.12. The monoisotopic (exact) mass is 415 g/mol. The lowest BCUT2D eigenvalue weighted by Crippen LogP contribution is -2.21. The molecule has 0 amide bonds. The summed E-state index contributed by atoms with van der Waals surface area (Å²) in [7, 11) is 3.89. The van der Waals surface area contributed by atoms with Crippen molar-refractivity contribution in [1.29, 1.82) is 0 Å². The molecule has 0 aliphatic carbocycles. The molecule has 0 bridgehead atoms. The third-order valence-electron chi connectivity index (χ3n) is 5.45. The lowest BCUT2D eigenvalue weighted by atomic mass is 10.0. The smallest absolute Gasteiger partial charge is 0.325 e. The van der Waals surface area contributed by atoms with Crippen molar-refractivity contribution in [2.75, 3.05) is 25.6 Å². The Labute approximate surface area is 180 Å². The highest BCUT2D eigenvalue weighted by molar-refractivity contribution is 6.02. The minimum atomic E-state index is -0.339. The van der Waals surface area contributed by atoms with Crippen LogP contribution in [0.2, 0.25) is 0 Å². The lowest BCUT2D eigenvalue weighted by molar-refractivity contribution is -0.143. The van der Waals surface area contributed by atoms with Crippen LogP contribution in [0.1, 0.15) is 12.5 Å². The van der Waals surface area contributed by atoms with Gasteiger partial charge in [0.15, 0.2) is 5.43 Å². The number of carbonyl (C=O) groups is 1. The molecule has 0 aliphatic heterocycles. The van der Waals surface area contributed by atoms with E-state index in [1.807, 2.05) is 73.0 Å². The molecular weight excluding hydrogens is 390 g/mol. The van der Waals surface area contributed by atoms with E-state index in [1.165, 1.54) is 0 Å². The Bertz CT molecular complexity index is 1340. The maximum Gasteiger partial charge on any atom is 0.325 e. The standard InChI is InChI=1S/C25H25N3O3/c1-5-31-22(29)15-28-21-14-18(17-10-12-26-13-11-17)7-9-19(21)25(30)20-8-6-16(2)23(24(20)28)27(3)4/h6-14H,5,15H2,1-4H3. The molecule has 2 aromatic carbocycles. The molecule has 0 spiro atoms. The number of pyridine rings is 2. The van der Waals surface area contributed by atoms with E-state index in [0.717, 1.165) is 27.9 Å². The van der Waals surface area contributed by atoms with Gasteiger partial charge in [0.1, 0.15) is 6.54 Å². The third-order valence-corrected chi connectivity index (χ3v) is 5.45. The Morgan fingerprint density at radius 3 is 2.42 bits per heavy atom. The number of esters is 1. The van der Waals surface area contributed by atoms with Crippen LogP contribution >= 0.6 is 0 Å². The average molecular weight is 415 g/mol. The largest absolute Gasteiger partial charge is 0.465 e. The van der Waals surface area contributed by atoms with E-state index in [2.05, 4.69) is 4.98 Å². The minimum Gasteiger partial charge on any atom is -0.465 e. The summed E-state index contributed by atoms with van der Waals surface area (Å²) in [4.78, 5) is 32.1. The number of aryl methyl sites for hydroxylation is 1. The van der Waals surface area contributed by atoms with Crippen LogP contribution in [0.25, 0.3) is 32.9 Å². The van der Waals surface area contributed by atoms with Crippen molar-refractivity contribution in [3.8, 4) is 11.1 Å². The summed E-state index contributed by atoms with van der Waals surface area (Å²) >= 11 is 0. The van der Waals surface area contributed by atoms with E-state index >= 15 is 0 Å². The topological polar surface area (TPSA) is 64.4 Å². The normalized spacial score (nSPS) is 11.1. The van der Waals surface area contributed by atoms with Crippen LogP contribution in [0.3, 0.4) is 0 Å². The van der Waals surface area contributed by atoms with E-state index in [0.29, 0.717) is 22.9 Å². The number of hydrogen-bond acceptors (Lipinski definition) is 5. The molecule has 6 nitrogen and oxygen atoms in total. The number of benzene rings is 2. The predicted octanol–water partition coefficient (Wildman–Crippen LogP) is 4.15. The second-order valence-electron chi connectivity index (χ2n) is 7.71. The van der Waals surface area contributed by atoms with Crippen LogP contribution in [-0.4, -0.2) is 36.2 Å². The summed E-state index contributed by atoms with van der Waals surface area (Å²) in [5.41, 5.74) is 5.27. The van der Waals surface area contributed by atoms with Crippen molar-refractivity contribution in [1.82, 2.24) is 9.55 Å². The summed E-state index contributed by atoms with van der Waals surface area (Å²) < 4.78 is 7.17. The molecule has 158 valence electrons. The van der Waals surface area contributed by atoms with Gasteiger partial charge in [-0.2, -0.15) is 0 Å². The maximum atomic E-state index is 13.4. The molecule has 0 unspecified atom stereocenters. The Balaban J connectivity index is 2.14. The van der Waals surface area contributed by atoms with Gasteiger partial charge in [-0.1, -0.05) is 12.1 Å². The number of hydrogen-bond donors (Lipinski definition) is 0. The van der Waals surface area contributed by atoms with Gasteiger partial charge in [0, 0.05) is 37.3 Å². The van der Waals surface area contributed by atoms with Gasteiger partial charge in [-0.3, -0.25) is 14.6 Å². The van der Waals surface area contributed by atoms with Gasteiger partial charge >= 0.3 is 5.97 Å². The molecule has 0 atom stereocenters. The maximum absolute atomic E-state index is 13.4. The number of aromatic nitrogens is 2. The minimum absolute atomic E-state index is 0.0191. The van der Waals surface area contributed by atoms with Gasteiger partial charge in [0.25, 0.3) is 0 Å². The van der Waals surface area contributed by atoms with E-state index in [1.54, 1.807) is 19.3 Å². The van der Waals surface area contributed by atoms with Crippen molar-refractivity contribution in [3.05, 3.63) is 70.6 Å². The third kappa shape index (κ3) is 3.65. The molecule has 0 saturated heterocycles. The van der Waals surface area contributed by atoms with Crippen molar-refractivity contribution >= 4 is 33.5 Å². The zero-order chi connectivity index (χ0) is 22.1. The zero-order valence-corrected chi connectivity index (χ0v) is 18.2. The highest BCUT2D eigenvalue weighted by Crippen LogP contribution is 2.32. The van der Waals surface area contributed by atoms with E-state index in [-0.39, 0.29) is 17.9 Å². The van der Waals surface area contributed by atoms with E-state index in [4.69, 9.17) is 4.74 Å². The second kappa shape index (κ2) is 8.22. The first-order valence-corrected chi connectivity index (χ1v) is 10.3. The zero-order valence-electron chi connectivity index (χ0n) is 18.2. The molecule has 4 aromatic rings.